The van der Waals surface area contributed by atoms with Gasteiger partial charge in [-0.1, -0.05) is 5.21 Å². The number of aromatic nitrogens is 3. The van der Waals surface area contributed by atoms with Crippen molar-refractivity contribution in [3.63, 3.8) is 0 Å². The Balaban J connectivity index is 1.84. The first-order valence-corrected chi connectivity index (χ1v) is 6.28. The Morgan fingerprint density at radius 2 is 2.12 bits per heavy atom. The number of nitrogens with one attached hydrogen (secondary N) is 1. The fourth-order valence-electron chi connectivity index (χ4n) is 3.09. The predicted octanol–water partition coefficient (Wildman–Crippen LogP) is -0.925. The van der Waals surface area contributed by atoms with Gasteiger partial charge in [-0.3, -0.25) is 14.5 Å². The van der Waals surface area contributed by atoms with Crippen LogP contribution in [0.15, 0.2) is 6.20 Å². The summed E-state index contributed by atoms with van der Waals surface area (Å²) in [7, 11) is 3.99. The highest BCUT2D eigenvalue weighted by atomic mass is 15.4. The van der Waals surface area contributed by atoms with E-state index in [9.17, 15) is 0 Å². The maximum Gasteiger partial charge on any atom is 0.0769 e. The standard InChI is InChI=1S/C11H20N6/c1-12-11(9-7-13-14-15(9)2)10-8-16-3-5-17(10)6-4-16/h7,10-12H,3-6,8H2,1-2H3. The normalized spacial score (nSPS) is 33.9. The van der Waals surface area contributed by atoms with Gasteiger partial charge in [0, 0.05) is 45.8 Å². The Morgan fingerprint density at radius 3 is 2.59 bits per heavy atom. The van der Waals surface area contributed by atoms with Crippen molar-refractivity contribution in [3.8, 4) is 0 Å². The van der Waals surface area contributed by atoms with Crippen molar-refractivity contribution in [1.82, 2.24) is 30.1 Å². The van der Waals surface area contributed by atoms with Crippen LogP contribution >= 0.6 is 0 Å². The minimum absolute atomic E-state index is 0.318. The number of hydrogen-bond acceptors (Lipinski definition) is 5. The van der Waals surface area contributed by atoms with Crippen LogP contribution in [0.2, 0.25) is 0 Å². The Labute approximate surface area is 102 Å². The van der Waals surface area contributed by atoms with Crippen LogP contribution in [0.4, 0.5) is 0 Å². The lowest BCUT2D eigenvalue weighted by molar-refractivity contribution is -0.00369. The molecule has 0 radical (unpaired) electrons. The molecule has 6 heteroatoms. The molecule has 3 fully saturated rings. The second-order valence-electron chi connectivity index (χ2n) is 4.95. The summed E-state index contributed by atoms with van der Waals surface area (Å²) in [6.07, 6.45) is 1.87. The van der Waals surface area contributed by atoms with Crippen LogP contribution in [0.3, 0.4) is 0 Å². The highest BCUT2D eigenvalue weighted by Gasteiger charge is 2.37. The molecule has 0 amide bonds. The summed E-state index contributed by atoms with van der Waals surface area (Å²) in [5.74, 6) is 0. The van der Waals surface area contributed by atoms with Gasteiger partial charge in [0.15, 0.2) is 0 Å². The van der Waals surface area contributed by atoms with Gasteiger partial charge in [-0.25, -0.2) is 0 Å². The number of rotatable bonds is 3. The van der Waals surface area contributed by atoms with Crippen LogP contribution in [0.5, 0.6) is 0 Å². The maximum atomic E-state index is 4.04. The third-order valence-corrected chi connectivity index (χ3v) is 4.09. The predicted molar refractivity (Wildman–Crippen MR) is 64.6 cm³/mol. The molecule has 2 atom stereocenters. The fourth-order valence-corrected chi connectivity index (χ4v) is 3.09. The van der Waals surface area contributed by atoms with Crippen molar-refractivity contribution in [2.45, 2.75) is 12.1 Å². The third kappa shape index (κ3) is 1.86. The molecule has 2 unspecified atom stereocenters. The van der Waals surface area contributed by atoms with Crippen LogP contribution < -0.4 is 5.32 Å². The molecule has 3 aliphatic heterocycles. The third-order valence-electron chi connectivity index (χ3n) is 4.09. The zero-order valence-corrected chi connectivity index (χ0v) is 10.5. The van der Waals surface area contributed by atoms with Crippen LogP contribution in [-0.4, -0.2) is 70.6 Å². The Bertz CT molecular complexity index is 381. The summed E-state index contributed by atoms with van der Waals surface area (Å²) >= 11 is 0. The molecule has 1 aromatic rings. The van der Waals surface area contributed by atoms with E-state index in [-0.39, 0.29) is 0 Å². The molecule has 1 aromatic heterocycles. The molecule has 2 bridgehead atoms. The first-order valence-electron chi connectivity index (χ1n) is 6.28. The highest BCUT2D eigenvalue weighted by molar-refractivity contribution is 5.09. The first kappa shape index (κ1) is 11.1. The molecule has 0 aliphatic carbocycles. The van der Waals surface area contributed by atoms with Gasteiger partial charge in [-0.15, -0.1) is 5.10 Å². The lowest BCUT2D eigenvalue weighted by atomic mass is 9.98. The average Bonchev–Trinajstić information content (AvgIpc) is 2.79. The fraction of sp³-hybridized carbons (Fsp3) is 0.818. The number of piperazine rings is 3. The Morgan fingerprint density at radius 1 is 1.35 bits per heavy atom. The van der Waals surface area contributed by atoms with Crippen LogP contribution in [0.25, 0.3) is 0 Å². The summed E-state index contributed by atoms with van der Waals surface area (Å²) in [4.78, 5) is 5.15. The first-order chi connectivity index (χ1) is 8.29. The van der Waals surface area contributed by atoms with E-state index in [2.05, 4.69) is 25.4 Å². The van der Waals surface area contributed by atoms with Gasteiger partial charge in [-0.2, -0.15) is 0 Å². The molecule has 1 N–H and O–H groups in total. The molecule has 0 spiro atoms. The largest absolute Gasteiger partial charge is 0.310 e. The van der Waals surface area contributed by atoms with Crippen LogP contribution in [0.1, 0.15) is 11.7 Å². The maximum absolute atomic E-state index is 4.04. The summed E-state index contributed by atoms with van der Waals surface area (Å²) in [5.41, 5.74) is 1.17. The van der Waals surface area contributed by atoms with Gasteiger partial charge < -0.3 is 5.32 Å². The van der Waals surface area contributed by atoms with E-state index in [0.717, 1.165) is 6.54 Å². The van der Waals surface area contributed by atoms with Crippen molar-refractivity contribution in [1.29, 1.82) is 0 Å². The van der Waals surface area contributed by atoms with Crippen LogP contribution in [0, 0.1) is 0 Å². The monoisotopic (exact) mass is 236 g/mol. The molecular formula is C11H20N6. The van der Waals surface area contributed by atoms with E-state index < -0.39 is 0 Å². The van der Waals surface area contributed by atoms with E-state index in [4.69, 9.17) is 0 Å². The molecule has 4 rings (SSSR count). The smallest absolute Gasteiger partial charge is 0.0769 e. The van der Waals surface area contributed by atoms with Gasteiger partial charge in [0.2, 0.25) is 0 Å². The minimum atomic E-state index is 0.318. The molecule has 0 aromatic carbocycles. The van der Waals surface area contributed by atoms with E-state index in [1.807, 2.05) is 25.0 Å². The zero-order valence-electron chi connectivity index (χ0n) is 10.5. The summed E-state index contributed by atoms with van der Waals surface area (Å²) in [6.45, 7) is 5.96. The minimum Gasteiger partial charge on any atom is -0.310 e. The lowest BCUT2D eigenvalue weighted by Gasteiger charge is -2.49. The molecule has 0 saturated carbocycles. The van der Waals surface area contributed by atoms with E-state index in [0.29, 0.717) is 12.1 Å². The van der Waals surface area contributed by atoms with Crippen LogP contribution in [-0.2, 0) is 7.05 Å². The highest BCUT2D eigenvalue weighted by Crippen LogP contribution is 2.26. The van der Waals surface area contributed by atoms with E-state index in [1.165, 1.54) is 31.9 Å². The second-order valence-corrected chi connectivity index (χ2v) is 4.95. The molecule has 6 nitrogen and oxygen atoms in total. The Hall–Kier alpha value is -0.980. The average molecular weight is 236 g/mol. The van der Waals surface area contributed by atoms with Crippen molar-refractivity contribution >= 4 is 0 Å². The lowest BCUT2D eigenvalue weighted by Crippen LogP contribution is -2.63. The molecule has 94 valence electrons. The van der Waals surface area contributed by atoms with Gasteiger partial charge in [0.25, 0.3) is 0 Å². The van der Waals surface area contributed by atoms with Gasteiger partial charge >= 0.3 is 0 Å². The number of likely N-dealkylation sites (N-methyl/N-ethyl adjacent to an activating group) is 1. The number of aryl methyl sites for hydroxylation is 1. The van der Waals surface area contributed by atoms with Gasteiger partial charge in [-0.05, 0) is 7.05 Å². The molecule has 4 heterocycles. The molecule has 3 aliphatic rings. The van der Waals surface area contributed by atoms with Gasteiger partial charge in [0.1, 0.15) is 0 Å². The second kappa shape index (κ2) is 4.36. The zero-order chi connectivity index (χ0) is 11.8. The van der Waals surface area contributed by atoms with E-state index >= 15 is 0 Å². The van der Waals surface area contributed by atoms with Gasteiger partial charge in [0.05, 0.1) is 17.9 Å². The van der Waals surface area contributed by atoms with Crippen molar-refractivity contribution in [2.75, 3.05) is 39.8 Å². The number of nitrogens with zero attached hydrogens (tertiary/aromatic N) is 5. The SMILES string of the molecule is CNC(c1cnnn1C)C1CN2CCN1CC2. The molecule has 3 saturated heterocycles. The van der Waals surface area contributed by atoms with Crippen molar-refractivity contribution < 1.29 is 0 Å². The summed E-state index contributed by atoms with van der Waals surface area (Å²) < 4.78 is 1.87. The number of fused-ring (bicyclic) bond motifs is 3. The molecular weight excluding hydrogens is 216 g/mol. The summed E-state index contributed by atoms with van der Waals surface area (Å²) in [6, 6.07) is 0.859. The summed E-state index contributed by atoms with van der Waals surface area (Å²) in [5, 5.41) is 11.5. The van der Waals surface area contributed by atoms with Crippen molar-refractivity contribution in [2.24, 2.45) is 7.05 Å². The number of hydrogen-bond donors (Lipinski definition) is 1. The quantitative estimate of drug-likeness (QED) is 0.735. The Kier molecular flexibility index (Phi) is 2.85. The topological polar surface area (TPSA) is 49.2 Å². The molecule has 17 heavy (non-hydrogen) atoms. The van der Waals surface area contributed by atoms with Crippen molar-refractivity contribution in [3.05, 3.63) is 11.9 Å². The van der Waals surface area contributed by atoms with E-state index in [1.54, 1.807) is 0 Å².